The zero-order valence-electron chi connectivity index (χ0n) is 19.7. The van der Waals surface area contributed by atoms with Crippen molar-refractivity contribution >= 4 is 16.7 Å². The smallest absolute Gasteiger partial charge is 0.221 e. The number of nitrogens with two attached hydrogens (primary N) is 1. The van der Waals surface area contributed by atoms with E-state index in [1.54, 1.807) is 12.4 Å². The van der Waals surface area contributed by atoms with Gasteiger partial charge in [0.15, 0.2) is 0 Å². The molecule has 2 N–H and O–H groups in total. The monoisotopic (exact) mass is 466 g/mol. The van der Waals surface area contributed by atoms with Gasteiger partial charge in [-0.1, -0.05) is 35.5 Å². The normalized spacial score (nSPS) is 13.6. The minimum absolute atomic E-state index is 0.134. The fraction of sp³-hybridized carbons (Fsp3) is 0.259. The third-order valence-electron chi connectivity index (χ3n) is 6.29. The quantitative estimate of drug-likeness (QED) is 0.325. The van der Waals surface area contributed by atoms with Gasteiger partial charge >= 0.3 is 0 Å². The molecule has 1 saturated carbocycles. The van der Waals surface area contributed by atoms with Crippen molar-refractivity contribution in [3.05, 3.63) is 72.2 Å². The van der Waals surface area contributed by atoms with Gasteiger partial charge in [0.25, 0.3) is 0 Å². The summed E-state index contributed by atoms with van der Waals surface area (Å²) in [5.74, 6) is 2.11. The second kappa shape index (κ2) is 8.54. The van der Waals surface area contributed by atoms with E-state index >= 15 is 0 Å². The molecule has 0 unspecified atom stereocenters. The molecule has 1 fully saturated rings. The van der Waals surface area contributed by atoms with Crippen molar-refractivity contribution < 1.29 is 9.26 Å². The van der Waals surface area contributed by atoms with Crippen molar-refractivity contribution in [1.29, 1.82) is 0 Å². The summed E-state index contributed by atoms with van der Waals surface area (Å²) in [5, 5.41) is 10.2. The number of hydrogen-bond donors (Lipinski definition) is 1. The number of nitrogen functional groups attached to an aromatic ring is 1. The molecule has 5 aromatic rings. The Morgan fingerprint density at radius 3 is 2.63 bits per heavy atom. The third-order valence-corrected chi connectivity index (χ3v) is 6.29. The number of nitrogens with zero attached hydrogens (tertiary/aromatic N) is 5. The van der Waals surface area contributed by atoms with E-state index < -0.39 is 0 Å². The van der Waals surface area contributed by atoms with E-state index in [9.17, 15) is 0 Å². The van der Waals surface area contributed by atoms with Crippen LogP contribution >= 0.6 is 0 Å². The van der Waals surface area contributed by atoms with E-state index in [-0.39, 0.29) is 6.04 Å². The highest BCUT2D eigenvalue weighted by Gasteiger charge is 2.36. The number of benzene rings is 1. The average molecular weight is 467 g/mol. The molecule has 8 heteroatoms. The van der Waals surface area contributed by atoms with Gasteiger partial charge in [-0.05, 0) is 50.5 Å². The van der Waals surface area contributed by atoms with Gasteiger partial charge in [-0.15, -0.1) is 0 Å². The van der Waals surface area contributed by atoms with E-state index in [4.69, 9.17) is 20.1 Å². The fourth-order valence-electron chi connectivity index (χ4n) is 4.44. The molecule has 6 rings (SSSR count). The summed E-state index contributed by atoms with van der Waals surface area (Å²) in [5.41, 5.74) is 11.3. The zero-order chi connectivity index (χ0) is 23.9. The molecule has 4 aromatic heterocycles. The third kappa shape index (κ3) is 3.80. The van der Waals surface area contributed by atoms with E-state index in [2.05, 4.69) is 29.0 Å². The van der Waals surface area contributed by atoms with Crippen LogP contribution in [0.3, 0.4) is 0 Å². The number of aromatic nitrogens is 5. The maximum Gasteiger partial charge on any atom is 0.221 e. The van der Waals surface area contributed by atoms with Crippen molar-refractivity contribution in [2.24, 2.45) is 0 Å². The molecular formula is C27H26N6O2. The first-order chi connectivity index (χ1) is 17.1. The summed E-state index contributed by atoms with van der Waals surface area (Å²) in [7, 11) is 0. The maximum atomic E-state index is 6.36. The molecule has 0 radical (unpaired) electrons. The Hall–Kier alpha value is -4.20. The molecule has 1 aromatic carbocycles. The molecular weight excluding hydrogens is 440 g/mol. The first-order valence-electron chi connectivity index (χ1n) is 11.9. The number of rotatable bonds is 7. The number of ether oxygens (including phenoxy) is 1. The lowest BCUT2D eigenvalue weighted by atomic mass is 9.99. The van der Waals surface area contributed by atoms with Crippen LogP contribution in [0, 0.1) is 0 Å². The molecule has 0 amide bonds. The first kappa shape index (κ1) is 21.3. The lowest BCUT2D eigenvalue weighted by molar-refractivity contribution is 0.295. The van der Waals surface area contributed by atoms with Crippen molar-refractivity contribution in [2.45, 2.75) is 45.3 Å². The van der Waals surface area contributed by atoms with Crippen molar-refractivity contribution in [3.8, 4) is 28.4 Å². The Kier molecular flexibility index (Phi) is 5.21. The summed E-state index contributed by atoms with van der Waals surface area (Å²) in [6.07, 6.45) is 5.57. The van der Waals surface area contributed by atoms with Gasteiger partial charge in [0, 0.05) is 29.9 Å². The van der Waals surface area contributed by atoms with E-state index in [1.807, 2.05) is 53.2 Å². The van der Waals surface area contributed by atoms with Gasteiger partial charge in [-0.2, -0.15) is 5.10 Å². The number of anilines is 1. The fourth-order valence-corrected chi connectivity index (χ4v) is 4.44. The van der Waals surface area contributed by atoms with Crippen LogP contribution in [0.25, 0.3) is 33.4 Å². The molecule has 1 aliphatic rings. The predicted octanol–water partition coefficient (Wildman–Crippen LogP) is 5.77. The van der Waals surface area contributed by atoms with Crippen LogP contribution in [0.15, 0.2) is 65.4 Å². The summed E-state index contributed by atoms with van der Waals surface area (Å²) >= 11 is 0. The van der Waals surface area contributed by atoms with Crippen LogP contribution in [0.1, 0.15) is 50.0 Å². The molecule has 35 heavy (non-hydrogen) atoms. The average Bonchev–Trinajstić information content (AvgIpc) is 3.50. The molecule has 0 atom stereocenters. The minimum atomic E-state index is 0.134. The molecule has 176 valence electrons. The second-order valence-electron chi connectivity index (χ2n) is 9.15. The van der Waals surface area contributed by atoms with Crippen LogP contribution in [-0.2, 0) is 6.61 Å². The lowest BCUT2D eigenvalue weighted by Crippen LogP contribution is -2.03. The largest absolute Gasteiger partial charge is 0.472 e. The Bertz CT molecular complexity index is 1500. The zero-order valence-corrected chi connectivity index (χ0v) is 19.7. The van der Waals surface area contributed by atoms with Gasteiger partial charge in [-0.3, -0.25) is 4.68 Å². The number of pyridine rings is 2. The summed E-state index contributed by atoms with van der Waals surface area (Å²) in [6.45, 7) is 4.58. The van der Waals surface area contributed by atoms with E-state index in [0.29, 0.717) is 35.6 Å². The number of hydrogen-bond acceptors (Lipinski definition) is 7. The maximum absolute atomic E-state index is 6.36. The van der Waals surface area contributed by atoms with E-state index in [1.165, 1.54) is 0 Å². The molecule has 1 aliphatic carbocycles. The Balaban J connectivity index is 1.52. The molecule has 0 bridgehead atoms. The first-order valence-corrected chi connectivity index (χ1v) is 11.9. The van der Waals surface area contributed by atoms with Gasteiger partial charge in [0.2, 0.25) is 5.88 Å². The van der Waals surface area contributed by atoms with Gasteiger partial charge in [0.1, 0.15) is 29.6 Å². The van der Waals surface area contributed by atoms with Crippen LogP contribution in [0.5, 0.6) is 5.88 Å². The Morgan fingerprint density at radius 1 is 1.03 bits per heavy atom. The molecule has 0 spiro atoms. The van der Waals surface area contributed by atoms with Crippen molar-refractivity contribution in [2.75, 3.05) is 5.73 Å². The minimum Gasteiger partial charge on any atom is -0.472 e. The topological polar surface area (TPSA) is 105 Å². The lowest BCUT2D eigenvalue weighted by Gasteiger charge is -2.11. The summed E-state index contributed by atoms with van der Waals surface area (Å²) < 4.78 is 14.1. The predicted molar refractivity (Wildman–Crippen MR) is 134 cm³/mol. The molecule has 8 nitrogen and oxygen atoms in total. The van der Waals surface area contributed by atoms with Crippen LogP contribution in [-0.4, -0.2) is 24.9 Å². The molecule has 4 heterocycles. The van der Waals surface area contributed by atoms with Crippen LogP contribution in [0.2, 0.25) is 0 Å². The van der Waals surface area contributed by atoms with Crippen LogP contribution < -0.4 is 10.5 Å². The van der Waals surface area contributed by atoms with Crippen LogP contribution in [0.4, 0.5) is 5.82 Å². The second-order valence-corrected chi connectivity index (χ2v) is 9.15. The SMILES string of the molecule is CC(C)n1nc(-c2noc(C3CC3)c2-c2cccnc2OCc2ccccc2)c2c(N)nccc21. The summed E-state index contributed by atoms with van der Waals surface area (Å²) in [6, 6.07) is 16.0. The van der Waals surface area contributed by atoms with E-state index in [0.717, 1.165) is 46.2 Å². The summed E-state index contributed by atoms with van der Waals surface area (Å²) in [4.78, 5) is 8.90. The number of fused-ring (bicyclic) bond motifs is 1. The molecule has 0 saturated heterocycles. The highest BCUT2D eigenvalue weighted by Crippen LogP contribution is 2.50. The van der Waals surface area contributed by atoms with Gasteiger partial charge in [0.05, 0.1) is 16.5 Å². The van der Waals surface area contributed by atoms with Gasteiger partial charge < -0.3 is 15.0 Å². The van der Waals surface area contributed by atoms with Crippen molar-refractivity contribution in [1.82, 2.24) is 24.9 Å². The highest BCUT2D eigenvalue weighted by molar-refractivity contribution is 6.02. The van der Waals surface area contributed by atoms with Crippen molar-refractivity contribution in [3.63, 3.8) is 0 Å². The van der Waals surface area contributed by atoms with Gasteiger partial charge in [-0.25, -0.2) is 9.97 Å². The molecule has 0 aliphatic heterocycles. The Labute approximate surface area is 202 Å². The Morgan fingerprint density at radius 2 is 1.86 bits per heavy atom. The standard InChI is InChI=1S/C27H26N6O2/c1-16(2)33-20-12-14-29-26(28)22(20)23(31-33)24-21(25(35-32-24)18-10-11-18)19-9-6-13-30-27(19)34-15-17-7-4-3-5-8-17/h3-9,12-14,16,18H,10-11,15H2,1-2H3,(H2,28,29). The highest BCUT2D eigenvalue weighted by atomic mass is 16.5.